The molecule has 160 valence electrons. The number of aryl methyl sites for hydroxylation is 2. The van der Waals surface area contributed by atoms with E-state index in [-0.39, 0.29) is 11.7 Å². The highest BCUT2D eigenvalue weighted by Gasteiger charge is 2.23. The Labute approximate surface area is 185 Å². The molecule has 1 amide bonds. The first-order valence-corrected chi connectivity index (χ1v) is 11.1. The molecule has 31 heavy (non-hydrogen) atoms. The van der Waals surface area contributed by atoms with Gasteiger partial charge in [0.1, 0.15) is 5.82 Å². The van der Waals surface area contributed by atoms with E-state index in [4.69, 9.17) is 4.98 Å². The van der Waals surface area contributed by atoms with E-state index in [9.17, 15) is 9.18 Å². The molecule has 0 atom stereocenters. The number of carbonyl (C=O) groups is 1. The van der Waals surface area contributed by atoms with Crippen LogP contribution in [0.4, 0.5) is 9.52 Å². The van der Waals surface area contributed by atoms with E-state index >= 15 is 0 Å². The van der Waals surface area contributed by atoms with Crippen LogP contribution in [0, 0.1) is 19.7 Å². The quantitative estimate of drug-likeness (QED) is 0.388. The van der Waals surface area contributed by atoms with Gasteiger partial charge in [-0.2, -0.15) is 5.10 Å². The standard InChI is InChI=1S/C24H25FN4OS/c1-15(2)20-6-5-7-21-22(20)26-24(31-21)28(12-13-29-17(4)14-16(3)27-29)23(30)18-8-10-19(25)11-9-18/h5-11,14-15H,12-13H2,1-4H3. The average molecular weight is 437 g/mol. The van der Waals surface area contributed by atoms with Crippen LogP contribution in [-0.4, -0.2) is 27.2 Å². The molecule has 5 nitrogen and oxygen atoms in total. The van der Waals surface area contributed by atoms with E-state index < -0.39 is 0 Å². The van der Waals surface area contributed by atoms with Crippen LogP contribution >= 0.6 is 11.3 Å². The fourth-order valence-electron chi connectivity index (χ4n) is 3.67. The van der Waals surface area contributed by atoms with Crippen molar-refractivity contribution in [3.8, 4) is 0 Å². The van der Waals surface area contributed by atoms with E-state index in [1.54, 1.807) is 4.90 Å². The van der Waals surface area contributed by atoms with Crippen molar-refractivity contribution in [3.05, 3.63) is 76.9 Å². The van der Waals surface area contributed by atoms with Gasteiger partial charge in [-0.05, 0) is 61.7 Å². The number of thiazole rings is 1. The lowest BCUT2D eigenvalue weighted by molar-refractivity contribution is 0.0985. The number of fused-ring (bicyclic) bond motifs is 1. The topological polar surface area (TPSA) is 51.0 Å². The molecule has 0 spiro atoms. The van der Waals surface area contributed by atoms with Crippen LogP contribution in [-0.2, 0) is 6.54 Å². The smallest absolute Gasteiger partial charge is 0.260 e. The molecule has 0 unspecified atom stereocenters. The van der Waals surface area contributed by atoms with E-state index in [0.29, 0.717) is 29.7 Å². The predicted molar refractivity (Wildman–Crippen MR) is 123 cm³/mol. The summed E-state index contributed by atoms with van der Waals surface area (Å²) in [5.41, 5.74) is 4.50. The average Bonchev–Trinajstić information content (AvgIpc) is 3.30. The summed E-state index contributed by atoms with van der Waals surface area (Å²) in [6.45, 7) is 9.18. The van der Waals surface area contributed by atoms with Crippen LogP contribution in [0.3, 0.4) is 0 Å². The molecule has 0 bridgehead atoms. The first kappa shape index (κ1) is 21.2. The molecule has 0 aliphatic rings. The number of amides is 1. The summed E-state index contributed by atoms with van der Waals surface area (Å²) in [4.78, 5) is 19.9. The summed E-state index contributed by atoms with van der Waals surface area (Å²) in [5, 5.41) is 5.15. The summed E-state index contributed by atoms with van der Waals surface area (Å²) in [7, 11) is 0. The van der Waals surface area contributed by atoms with Gasteiger partial charge in [-0.25, -0.2) is 9.37 Å². The maximum Gasteiger partial charge on any atom is 0.260 e. The van der Waals surface area contributed by atoms with Crippen molar-refractivity contribution in [2.24, 2.45) is 0 Å². The summed E-state index contributed by atoms with van der Waals surface area (Å²) < 4.78 is 16.3. The van der Waals surface area contributed by atoms with Crippen LogP contribution < -0.4 is 4.90 Å². The van der Waals surface area contributed by atoms with Crippen molar-refractivity contribution < 1.29 is 9.18 Å². The van der Waals surface area contributed by atoms with Gasteiger partial charge in [-0.1, -0.05) is 37.3 Å². The summed E-state index contributed by atoms with van der Waals surface area (Å²) in [5.74, 6) is -0.242. The lowest BCUT2D eigenvalue weighted by Gasteiger charge is -2.20. The molecule has 0 radical (unpaired) electrons. The number of anilines is 1. The van der Waals surface area contributed by atoms with Crippen LogP contribution in [0.15, 0.2) is 48.5 Å². The first-order valence-electron chi connectivity index (χ1n) is 10.3. The van der Waals surface area contributed by atoms with Gasteiger partial charge in [0, 0.05) is 17.8 Å². The van der Waals surface area contributed by atoms with E-state index in [1.165, 1.54) is 35.6 Å². The Balaban J connectivity index is 1.73. The van der Waals surface area contributed by atoms with Gasteiger partial charge in [0.25, 0.3) is 5.91 Å². The zero-order valence-corrected chi connectivity index (χ0v) is 18.9. The molecule has 2 heterocycles. The normalized spacial score (nSPS) is 11.4. The Bertz CT molecular complexity index is 1230. The van der Waals surface area contributed by atoms with Crippen molar-refractivity contribution in [1.29, 1.82) is 0 Å². The van der Waals surface area contributed by atoms with Gasteiger partial charge in [0.15, 0.2) is 5.13 Å². The number of halogens is 1. The molecule has 2 aromatic heterocycles. The number of rotatable bonds is 6. The molecule has 0 aliphatic heterocycles. The maximum absolute atomic E-state index is 13.4. The minimum Gasteiger partial charge on any atom is -0.282 e. The lowest BCUT2D eigenvalue weighted by Crippen LogP contribution is -2.34. The Morgan fingerprint density at radius 1 is 1.16 bits per heavy atom. The maximum atomic E-state index is 13.4. The fraction of sp³-hybridized carbons (Fsp3) is 0.292. The molecule has 0 saturated heterocycles. The fourth-order valence-corrected chi connectivity index (χ4v) is 4.69. The highest BCUT2D eigenvalue weighted by atomic mass is 32.1. The summed E-state index contributed by atoms with van der Waals surface area (Å²) >= 11 is 1.50. The summed E-state index contributed by atoms with van der Waals surface area (Å²) in [6, 6.07) is 13.8. The molecule has 4 rings (SSSR count). The molecule has 0 N–H and O–H groups in total. The number of hydrogen-bond donors (Lipinski definition) is 0. The predicted octanol–water partition coefficient (Wildman–Crippen LogP) is 5.72. The third-order valence-corrected chi connectivity index (χ3v) is 6.31. The van der Waals surface area contributed by atoms with Gasteiger partial charge >= 0.3 is 0 Å². The van der Waals surface area contributed by atoms with E-state index in [0.717, 1.165) is 27.2 Å². The third kappa shape index (κ3) is 4.37. The second-order valence-electron chi connectivity index (χ2n) is 7.96. The zero-order chi connectivity index (χ0) is 22.1. The van der Waals surface area contributed by atoms with Gasteiger partial charge < -0.3 is 0 Å². The van der Waals surface area contributed by atoms with Gasteiger partial charge in [0.05, 0.1) is 22.5 Å². The Morgan fingerprint density at radius 2 is 1.90 bits per heavy atom. The van der Waals surface area contributed by atoms with Crippen LogP contribution in [0.1, 0.15) is 47.1 Å². The number of aromatic nitrogens is 3. The largest absolute Gasteiger partial charge is 0.282 e. The highest BCUT2D eigenvalue weighted by molar-refractivity contribution is 7.22. The molecule has 4 aromatic rings. The lowest BCUT2D eigenvalue weighted by atomic mass is 10.0. The second kappa shape index (κ2) is 8.59. The Hall–Kier alpha value is -3.06. The molecule has 2 aromatic carbocycles. The Morgan fingerprint density at radius 3 is 2.55 bits per heavy atom. The third-order valence-electron chi connectivity index (χ3n) is 5.27. The number of benzene rings is 2. The minimum atomic E-state index is -0.368. The minimum absolute atomic E-state index is 0.202. The highest BCUT2D eigenvalue weighted by Crippen LogP contribution is 2.34. The number of para-hydroxylation sites is 1. The molecular formula is C24H25FN4OS. The van der Waals surface area contributed by atoms with Crippen molar-refractivity contribution in [2.45, 2.75) is 40.2 Å². The zero-order valence-electron chi connectivity index (χ0n) is 18.1. The van der Waals surface area contributed by atoms with Gasteiger partial charge in [-0.15, -0.1) is 0 Å². The molecule has 0 saturated carbocycles. The van der Waals surface area contributed by atoms with Crippen molar-refractivity contribution in [1.82, 2.24) is 14.8 Å². The molecule has 0 fully saturated rings. The SMILES string of the molecule is Cc1cc(C)n(CCN(C(=O)c2ccc(F)cc2)c2nc3c(C(C)C)cccc3s2)n1. The van der Waals surface area contributed by atoms with E-state index in [2.05, 4.69) is 25.0 Å². The van der Waals surface area contributed by atoms with E-state index in [1.807, 2.05) is 36.7 Å². The monoisotopic (exact) mass is 436 g/mol. The van der Waals surface area contributed by atoms with Crippen LogP contribution in [0.2, 0.25) is 0 Å². The second-order valence-corrected chi connectivity index (χ2v) is 8.97. The van der Waals surface area contributed by atoms with Crippen molar-refractivity contribution >= 4 is 32.6 Å². The molecular weight excluding hydrogens is 411 g/mol. The first-order chi connectivity index (χ1) is 14.8. The van der Waals surface area contributed by atoms with Crippen LogP contribution in [0.25, 0.3) is 10.2 Å². The number of hydrogen-bond acceptors (Lipinski definition) is 4. The molecule has 7 heteroatoms. The van der Waals surface area contributed by atoms with Gasteiger partial charge in [-0.3, -0.25) is 14.4 Å². The van der Waals surface area contributed by atoms with Crippen molar-refractivity contribution in [3.63, 3.8) is 0 Å². The van der Waals surface area contributed by atoms with Gasteiger partial charge in [0.2, 0.25) is 0 Å². The summed E-state index contributed by atoms with van der Waals surface area (Å²) in [6.07, 6.45) is 0. The molecule has 0 aliphatic carbocycles. The number of nitrogens with zero attached hydrogens (tertiary/aromatic N) is 4. The number of carbonyl (C=O) groups excluding carboxylic acids is 1. The van der Waals surface area contributed by atoms with Crippen LogP contribution in [0.5, 0.6) is 0 Å². The Kier molecular flexibility index (Phi) is 5.87. The van der Waals surface area contributed by atoms with Crippen molar-refractivity contribution in [2.75, 3.05) is 11.4 Å².